The molecule has 1 saturated heterocycles. The lowest BCUT2D eigenvalue weighted by Crippen LogP contribution is -2.49. The smallest absolute Gasteiger partial charge is 0.309 e. The first-order valence-corrected chi connectivity index (χ1v) is 7.23. The van der Waals surface area contributed by atoms with Gasteiger partial charge in [0, 0.05) is 11.8 Å². The van der Waals surface area contributed by atoms with E-state index in [1.54, 1.807) is 0 Å². The van der Waals surface area contributed by atoms with Crippen molar-refractivity contribution in [2.45, 2.75) is 59.0 Å². The van der Waals surface area contributed by atoms with Gasteiger partial charge in [-0.2, -0.15) is 0 Å². The van der Waals surface area contributed by atoms with Gasteiger partial charge in [-0.05, 0) is 30.6 Å². The van der Waals surface area contributed by atoms with E-state index in [2.05, 4.69) is 20.8 Å². The van der Waals surface area contributed by atoms with Gasteiger partial charge in [0.2, 0.25) is 0 Å². The van der Waals surface area contributed by atoms with E-state index in [4.69, 9.17) is 4.74 Å². The van der Waals surface area contributed by atoms with Gasteiger partial charge < -0.3 is 4.74 Å². The Kier molecular flexibility index (Phi) is 2.53. The van der Waals surface area contributed by atoms with E-state index >= 15 is 0 Å². The number of hydrogen-bond acceptors (Lipinski definition) is 2. The first kappa shape index (κ1) is 11.6. The quantitative estimate of drug-likeness (QED) is 0.603. The summed E-state index contributed by atoms with van der Waals surface area (Å²) in [6.45, 7) is 6.85. The molecule has 1 heterocycles. The molecular weight excluding hydrogens is 212 g/mol. The molecule has 0 aromatic carbocycles. The Morgan fingerprint density at radius 1 is 1.24 bits per heavy atom. The third kappa shape index (κ3) is 1.56. The van der Waals surface area contributed by atoms with Crippen molar-refractivity contribution in [2.75, 3.05) is 0 Å². The molecule has 6 atom stereocenters. The van der Waals surface area contributed by atoms with E-state index in [-0.39, 0.29) is 18.0 Å². The molecule has 2 saturated carbocycles. The monoisotopic (exact) mass is 236 g/mol. The van der Waals surface area contributed by atoms with Crippen LogP contribution in [0.15, 0.2) is 0 Å². The SMILES string of the molecule is C[C@@H]1C(=O)O[C@H]2[C@H]1CC[C@@]1(C)CCC[C@H](C)[C@H]21. The maximum atomic E-state index is 11.8. The summed E-state index contributed by atoms with van der Waals surface area (Å²) in [4.78, 5) is 11.8. The largest absolute Gasteiger partial charge is 0.462 e. The topological polar surface area (TPSA) is 26.3 Å². The minimum atomic E-state index is 0.0574. The lowest BCUT2D eigenvalue weighted by molar-refractivity contribution is -0.152. The molecule has 3 aliphatic rings. The number of carbonyl (C=O) groups excluding carboxylic acids is 1. The number of carbonyl (C=O) groups is 1. The molecule has 0 unspecified atom stereocenters. The Balaban J connectivity index is 1.92. The van der Waals surface area contributed by atoms with E-state index in [0.29, 0.717) is 17.3 Å². The second-order valence-corrected chi connectivity index (χ2v) is 6.94. The van der Waals surface area contributed by atoms with Gasteiger partial charge in [-0.25, -0.2) is 0 Å². The Morgan fingerprint density at radius 3 is 2.76 bits per heavy atom. The summed E-state index contributed by atoms with van der Waals surface area (Å²) in [7, 11) is 0. The van der Waals surface area contributed by atoms with Crippen LogP contribution in [0.5, 0.6) is 0 Å². The van der Waals surface area contributed by atoms with Crippen LogP contribution in [0.1, 0.15) is 52.9 Å². The molecule has 17 heavy (non-hydrogen) atoms. The van der Waals surface area contributed by atoms with E-state index in [0.717, 1.165) is 5.92 Å². The maximum absolute atomic E-state index is 11.8. The molecule has 2 heteroatoms. The molecule has 3 fully saturated rings. The zero-order valence-corrected chi connectivity index (χ0v) is 11.2. The summed E-state index contributed by atoms with van der Waals surface area (Å²) in [5, 5.41) is 0. The van der Waals surface area contributed by atoms with Gasteiger partial charge in [0.05, 0.1) is 5.92 Å². The summed E-state index contributed by atoms with van der Waals surface area (Å²) in [6.07, 6.45) is 6.72. The van der Waals surface area contributed by atoms with Crippen molar-refractivity contribution in [3.63, 3.8) is 0 Å². The van der Waals surface area contributed by atoms with Crippen molar-refractivity contribution in [1.29, 1.82) is 0 Å². The minimum Gasteiger partial charge on any atom is -0.462 e. The molecule has 1 aliphatic heterocycles. The molecule has 0 aromatic rings. The first-order valence-electron chi connectivity index (χ1n) is 7.23. The van der Waals surface area contributed by atoms with E-state index in [1.165, 1.54) is 32.1 Å². The normalized spacial score (nSPS) is 53.8. The van der Waals surface area contributed by atoms with Crippen LogP contribution in [-0.2, 0) is 9.53 Å². The first-order chi connectivity index (χ1) is 8.03. The number of ether oxygens (including phenoxy) is 1. The highest BCUT2D eigenvalue weighted by atomic mass is 16.6. The van der Waals surface area contributed by atoms with Gasteiger partial charge in [-0.3, -0.25) is 4.79 Å². The second-order valence-electron chi connectivity index (χ2n) is 6.94. The van der Waals surface area contributed by atoms with Crippen molar-refractivity contribution in [2.24, 2.45) is 29.1 Å². The Bertz CT molecular complexity index is 338. The predicted octanol–water partition coefficient (Wildman–Crippen LogP) is 3.40. The van der Waals surface area contributed by atoms with Crippen LogP contribution >= 0.6 is 0 Å². The highest BCUT2D eigenvalue weighted by Gasteiger charge is 2.56. The van der Waals surface area contributed by atoms with Crippen LogP contribution in [0, 0.1) is 29.1 Å². The molecule has 2 nitrogen and oxygen atoms in total. The third-order valence-electron chi connectivity index (χ3n) is 5.92. The van der Waals surface area contributed by atoms with Crippen LogP contribution in [0.4, 0.5) is 0 Å². The minimum absolute atomic E-state index is 0.0574. The van der Waals surface area contributed by atoms with E-state index < -0.39 is 0 Å². The average molecular weight is 236 g/mol. The van der Waals surface area contributed by atoms with Gasteiger partial charge in [0.15, 0.2) is 0 Å². The van der Waals surface area contributed by atoms with Crippen molar-refractivity contribution in [1.82, 2.24) is 0 Å². The molecule has 0 bridgehead atoms. The number of hydrogen-bond donors (Lipinski definition) is 0. The Hall–Kier alpha value is -0.530. The van der Waals surface area contributed by atoms with Gasteiger partial charge >= 0.3 is 5.97 Å². The molecule has 0 aromatic heterocycles. The van der Waals surface area contributed by atoms with Crippen LogP contribution in [0.2, 0.25) is 0 Å². The van der Waals surface area contributed by atoms with Crippen molar-refractivity contribution in [3.8, 4) is 0 Å². The molecule has 3 rings (SSSR count). The van der Waals surface area contributed by atoms with Crippen LogP contribution in [-0.4, -0.2) is 12.1 Å². The van der Waals surface area contributed by atoms with E-state index in [9.17, 15) is 4.79 Å². The van der Waals surface area contributed by atoms with Gasteiger partial charge in [-0.15, -0.1) is 0 Å². The number of esters is 1. The molecule has 96 valence electrons. The zero-order chi connectivity index (χ0) is 12.2. The fourth-order valence-corrected chi connectivity index (χ4v) is 4.91. The van der Waals surface area contributed by atoms with Gasteiger partial charge in [0.1, 0.15) is 6.10 Å². The van der Waals surface area contributed by atoms with Crippen LogP contribution in [0.3, 0.4) is 0 Å². The van der Waals surface area contributed by atoms with Crippen molar-refractivity contribution >= 4 is 5.97 Å². The molecule has 0 spiro atoms. The van der Waals surface area contributed by atoms with Crippen LogP contribution < -0.4 is 0 Å². The maximum Gasteiger partial charge on any atom is 0.309 e. The highest BCUT2D eigenvalue weighted by molar-refractivity contribution is 5.75. The number of rotatable bonds is 0. The molecule has 0 N–H and O–H groups in total. The van der Waals surface area contributed by atoms with Crippen molar-refractivity contribution < 1.29 is 9.53 Å². The predicted molar refractivity (Wildman–Crippen MR) is 66.4 cm³/mol. The van der Waals surface area contributed by atoms with E-state index in [1.807, 2.05) is 0 Å². The van der Waals surface area contributed by atoms with Gasteiger partial charge in [-0.1, -0.05) is 33.6 Å². The molecular formula is C15H24O2. The molecule has 0 amide bonds. The summed E-state index contributed by atoms with van der Waals surface area (Å²) in [5.41, 5.74) is 0.434. The third-order valence-corrected chi connectivity index (χ3v) is 5.92. The fourth-order valence-electron chi connectivity index (χ4n) is 4.91. The standard InChI is InChI=1S/C15H24O2/c1-9-5-4-7-15(3)8-6-11-10(2)14(16)17-13(11)12(9)15/h9-13H,4-8H2,1-3H3/t9-,10-,11-,12+,13-,15+/m0/s1. The number of fused-ring (bicyclic) bond motifs is 3. The Labute approximate surface area is 104 Å². The van der Waals surface area contributed by atoms with Crippen molar-refractivity contribution in [3.05, 3.63) is 0 Å². The summed E-state index contributed by atoms with van der Waals surface area (Å²) in [6, 6.07) is 0. The summed E-state index contributed by atoms with van der Waals surface area (Å²) in [5.74, 6) is 2.03. The molecule has 0 radical (unpaired) electrons. The highest BCUT2D eigenvalue weighted by Crippen LogP contribution is 2.57. The average Bonchev–Trinajstić information content (AvgIpc) is 2.54. The lowest BCUT2D eigenvalue weighted by atomic mass is 9.53. The second kappa shape index (κ2) is 3.73. The zero-order valence-electron chi connectivity index (χ0n) is 11.2. The van der Waals surface area contributed by atoms with Gasteiger partial charge in [0.25, 0.3) is 0 Å². The summed E-state index contributed by atoms with van der Waals surface area (Å²) >= 11 is 0. The Morgan fingerprint density at radius 2 is 2.00 bits per heavy atom. The van der Waals surface area contributed by atoms with Crippen LogP contribution in [0.25, 0.3) is 0 Å². The molecule has 2 aliphatic carbocycles. The fraction of sp³-hybridized carbons (Fsp3) is 0.933. The summed E-state index contributed by atoms with van der Waals surface area (Å²) < 4.78 is 5.74. The lowest BCUT2D eigenvalue weighted by Gasteiger charge is -2.52.